The van der Waals surface area contributed by atoms with Gasteiger partial charge in [-0.05, 0) is 24.2 Å². The van der Waals surface area contributed by atoms with Crippen molar-refractivity contribution in [2.45, 2.75) is 19.5 Å². The van der Waals surface area contributed by atoms with Gasteiger partial charge in [-0.1, -0.05) is 35.0 Å². The van der Waals surface area contributed by atoms with E-state index in [-0.39, 0.29) is 0 Å². The van der Waals surface area contributed by atoms with Crippen LogP contribution >= 0.6 is 15.9 Å². The Kier molecular flexibility index (Phi) is 5.63. The van der Waals surface area contributed by atoms with E-state index in [1.54, 1.807) is 0 Å². The number of halogens is 1. The van der Waals surface area contributed by atoms with E-state index in [1.807, 2.05) is 0 Å². The molecule has 1 heterocycles. The van der Waals surface area contributed by atoms with Gasteiger partial charge in [0.05, 0.1) is 13.2 Å². The van der Waals surface area contributed by atoms with Gasteiger partial charge in [-0.2, -0.15) is 0 Å². The summed E-state index contributed by atoms with van der Waals surface area (Å²) in [6.45, 7) is 7.87. The first-order chi connectivity index (χ1) is 8.79. The van der Waals surface area contributed by atoms with E-state index >= 15 is 0 Å². The topological polar surface area (TPSA) is 24.5 Å². The number of hydrogen-bond acceptors (Lipinski definition) is 3. The van der Waals surface area contributed by atoms with Crippen molar-refractivity contribution >= 4 is 15.9 Å². The van der Waals surface area contributed by atoms with Crippen molar-refractivity contribution in [3.63, 3.8) is 0 Å². The van der Waals surface area contributed by atoms with Gasteiger partial charge in [0.2, 0.25) is 0 Å². The SMILES string of the molecule is CCNCC1COCCN1Cc1ccc(Br)cc1. The molecule has 4 heteroatoms. The van der Waals surface area contributed by atoms with Gasteiger partial charge in [0, 0.05) is 30.1 Å². The monoisotopic (exact) mass is 312 g/mol. The highest BCUT2D eigenvalue weighted by Gasteiger charge is 2.22. The van der Waals surface area contributed by atoms with E-state index in [0.29, 0.717) is 6.04 Å². The average Bonchev–Trinajstić information content (AvgIpc) is 2.40. The van der Waals surface area contributed by atoms with Crippen LogP contribution in [0.15, 0.2) is 28.7 Å². The molecule has 2 rings (SSSR count). The third kappa shape index (κ3) is 4.05. The van der Waals surface area contributed by atoms with Crippen LogP contribution in [0.3, 0.4) is 0 Å². The molecule has 1 aromatic carbocycles. The molecule has 1 aliphatic heterocycles. The van der Waals surface area contributed by atoms with Crippen LogP contribution in [0.25, 0.3) is 0 Å². The highest BCUT2D eigenvalue weighted by molar-refractivity contribution is 9.10. The minimum absolute atomic E-state index is 0.488. The third-order valence-corrected chi connectivity index (χ3v) is 3.81. The van der Waals surface area contributed by atoms with Crippen molar-refractivity contribution in [2.24, 2.45) is 0 Å². The molecule has 1 saturated heterocycles. The molecule has 18 heavy (non-hydrogen) atoms. The summed E-state index contributed by atoms with van der Waals surface area (Å²) in [4.78, 5) is 2.51. The summed E-state index contributed by atoms with van der Waals surface area (Å²) in [5.74, 6) is 0. The lowest BCUT2D eigenvalue weighted by Crippen LogP contribution is -2.49. The molecule has 100 valence electrons. The maximum Gasteiger partial charge on any atom is 0.0635 e. The van der Waals surface area contributed by atoms with Crippen LogP contribution in [-0.4, -0.2) is 43.8 Å². The molecular formula is C14H21BrN2O. The summed E-state index contributed by atoms with van der Waals surface area (Å²) in [5, 5.41) is 3.41. The van der Waals surface area contributed by atoms with Crippen LogP contribution in [0.1, 0.15) is 12.5 Å². The highest BCUT2D eigenvalue weighted by atomic mass is 79.9. The molecule has 1 fully saturated rings. The highest BCUT2D eigenvalue weighted by Crippen LogP contribution is 2.15. The van der Waals surface area contributed by atoms with Gasteiger partial charge in [0.1, 0.15) is 0 Å². The molecular weight excluding hydrogens is 292 g/mol. The van der Waals surface area contributed by atoms with Gasteiger partial charge in [-0.15, -0.1) is 0 Å². The van der Waals surface area contributed by atoms with Crippen molar-refractivity contribution in [2.75, 3.05) is 32.8 Å². The second-order valence-electron chi connectivity index (χ2n) is 4.63. The van der Waals surface area contributed by atoms with Gasteiger partial charge in [0.15, 0.2) is 0 Å². The lowest BCUT2D eigenvalue weighted by atomic mass is 10.1. The minimum Gasteiger partial charge on any atom is -0.378 e. The second-order valence-corrected chi connectivity index (χ2v) is 5.55. The van der Waals surface area contributed by atoms with Crippen molar-refractivity contribution < 1.29 is 4.74 Å². The predicted molar refractivity (Wildman–Crippen MR) is 77.7 cm³/mol. The Morgan fingerprint density at radius 1 is 1.39 bits per heavy atom. The summed E-state index contributed by atoms with van der Waals surface area (Å²) in [5.41, 5.74) is 1.36. The molecule has 1 atom stereocenters. The van der Waals surface area contributed by atoms with Crippen LogP contribution in [-0.2, 0) is 11.3 Å². The van der Waals surface area contributed by atoms with Crippen molar-refractivity contribution in [1.29, 1.82) is 0 Å². The maximum absolute atomic E-state index is 5.58. The Morgan fingerprint density at radius 3 is 2.89 bits per heavy atom. The zero-order valence-electron chi connectivity index (χ0n) is 10.9. The number of nitrogens with one attached hydrogen (secondary N) is 1. The lowest BCUT2D eigenvalue weighted by Gasteiger charge is -2.35. The molecule has 1 unspecified atom stereocenters. The van der Waals surface area contributed by atoms with Gasteiger partial charge in [-0.25, -0.2) is 0 Å². The molecule has 0 aliphatic carbocycles. The number of benzene rings is 1. The summed E-state index contributed by atoms with van der Waals surface area (Å²) < 4.78 is 6.71. The number of rotatable bonds is 5. The Balaban J connectivity index is 1.94. The first-order valence-electron chi connectivity index (χ1n) is 6.56. The molecule has 0 aromatic heterocycles. The summed E-state index contributed by atoms with van der Waals surface area (Å²) in [6, 6.07) is 9.07. The van der Waals surface area contributed by atoms with Crippen LogP contribution < -0.4 is 5.32 Å². The van der Waals surface area contributed by atoms with Crippen LogP contribution in [0.4, 0.5) is 0 Å². The van der Waals surface area contributed by atoms with Crippen molar-refractivity contribution in [3.05, 3.63) is 34.3 Å². The predicted octanol–water partition coefficient (Wildman–Crippen LogP) is 2.26. The Hall–Kier alpha value is -0.420. The molecule has 1 aromatic rings. The second kappa shape index (κ2) is 7.24. The first-order valence-corrected chi connectivity index (χ1v) is 7.36. The van der Waals surface area contributed by atoms with E-state index in [2.05, 4.69) is 57.3 Å². The van der Waals surface area contributed by atoms with Crippen LogP contribution in [0.2, 0.25) is 0 Å². The van der Waals surface area contributed by atoms with Crippen LogP contribution in [0.5, 0.6) is 0 Å². The van der Waals surface area contributed by atoms with E-state index in [1.165, 1.54) is 5.56 Å². The number of likely N-dealkylation sites (N-methyl/N-ethyl adjacent to an activating group) is 1. The van der Waals surface area contributed by atoms with Gasteiger partial charge in [0.25, 0.3) is 0 Å². The molecule has 3 nitrogen and oxygen atoms in total. The zero-order valence-corrected chi connectivity index (χ0v) is 12.4. The largest absolute Gasteiger partial charge is 0.378 e. The molecule has 1 N–H and O–H groups in total. The van der Waals surface area contributed by atoms with E-state index in [9.17, 15) is 0 Å². The quantitative estimate of drug-likeness (QED) is 0.902. The Labute approximate surface area is 118 Å². The molecule has 0 amide bonds. The average molecular weight is 313 g/mol. The Morgan fingerprint density at radius 2 is 2.17 bits per heavy atom. The standard InChI is InChI=1S/C14H21BrN2O/c1-2-16-9-14-11-18-8-7-17(14)10-12-3-5-13(15)6-4-12/h3-6,14,16H,2,7-11H2,1H3. The first kappa shape index (κ1) is 14.0. The summed E-state index contributed by atoms with van der Waals surface area (Å²) in [7, 11) is 0. The minimum atomic E-state index is 0.488. The Bertz CT molecular complexity index is 355. The molecule has 1 aliphatic rings. The number of ether oxygens (including phenoxy) is 1. The fourth-order valence-electron chi connectivity index (χ4n) is 2.22. The fraction of sp³-hybridized carbons (Fsp3) is 0.571. The van der Waals surface area contributed by atoms with Gasteiger partial charge >= 0.3 is 0 Å². The van der Waals surface area contributed by atoms with Gasteiger partial charge < -0.3 is 10.1 Å². The number of hydrogen-bond donors (Lipinski definition) is 1. The fourth-order valence-corrected chi connectivity index (χ4v) is 2.48. The zero-order chi connectivity index (χ0) is 12.8. The van der Waals surface area contributed by atoms with Gasteiger partial charge in [-0.3, -0.25) is 4.90 Å². The van der Waals surface area contributed by atoms with E-state index < -0.39 is 0 Å². The van der Waals surface area contributed by atoms with Crippen molar-refractivity contribution in [1.82, 2.24) is 10.2 Å². The molecule has 0 saturated carbocycles. The van der Waals surface area contributed by atoms with E-state index in [4.69, 9.17) is 4.74 Å². The van der Waals surface area contributed by atoms with Crippen LogP contribution in [0, 0.1) is 0 Å². The normalized spacial score (nSPS) is 21.1. The lowest BCUT2D eigenvalue weighted by molar-refractivity contribution is -0.0107. The number of morpholine rings is 1. The van der Waals surface area contributed by atoms with Crippen molar-refractivity contribution in [3.8, 4) is 0 Å². The molecule has 0 spiro atoms. The maximum atomic E-state index is 5.58. The number of nitrogens with zero attached hydrogens (tertiary/aromatic N) is 1. The summed E-state index contributed by atoms with van der Waals surface area (Å²) in [6.07, 6.45) is 0. The third-order valence-electron chi connectivity index (χ3n) is 3.28. The molecule has 0 radical (unpaired) electrons. The van der Waals surface area contributed by atoms with E-state index in [0.717, 1.165) is 43.9 Å². The smallest absolute Gasteiger partial charge is 0.0635 e. The molecule has 0 bridgehead atoms. The summed E-state index contributed by atoms with van der Waals surface area (Å²) >= 11 is 3.47.